The zero-order valence-electron chi connectivity index (χ0n) is 11.6. The molecule has 0 unspecified atom stereocenters. The van der Waals surface area contributed by atoms with Gasteiger partial charge in [0.15, 0.2) is 0 Å². The minimum Gasteiger partial charge on any atom is -0.385 e. The van der Waals surface area contributed by atoms with Crippen molar-refractivity contribution >= 4 is 0 Å². The van der Waals surface area contributed by atoms with Crippen LogP contribution in [0.15, 0.2) is 36.6 Å². The van der Waals surface area contributed by atoms with Crippen molar-refractivity contribution in [2.75, 3.05) is 19.8 Å². The second kappa shape index (κ2) is 10.2. The Morgan fingerprint density at radius 3 is 2.35 bits per heavy atom. The van der Waals surface area contributed by atoms with Crippen LogP contribution < -0.4 is 5.32 Å². The van der Waals surface area contributed by atoms with Gasteiger partial charge in [-0.3, -0.25) is 0 Å². The first-order chi connectivity index (χ1) is 8.18. The minimum atomic E-state index is 0.730. The predicted octanol–water partition coefficient (Wildman–Crippen LogP) is 3.67. The molecule has 1 aliphatic rings. The molecule has 0 aliphatic carbocycles. The van der Waals surface area contributed by atoms with Crippen molar-refractivity contribution in [1.82, 2.24) is 5.32 Å². The molecule has 1 fully saturated rings. The highest BCUT2D eigenvalue weighted by atomic mass is 16.5. The molecule has 1 rings (SSSR count). The molecule has 0 amide bonds. The van der Waals surface area contributed by atoms with Crippen molar-refractivity contribution in [3.63, 3.8) is 0 Å². The molecule has 0 aromatic heterocycles. The lowest BCUT2D eigenvalue weighted by atomic mass is 10.0. The highest BCUT2D eigenvalue weighted by molar-refractivity contribution is 5.21. The molecule has 0 spiro atoms. The van der Waals surface area contributed by atoms with E-state index in [2.05, 4.69) is 18.5 Å². The second-order valence-corrected chi connectivity index (χ2v) is 4.14. The van der Waals surface area contributed by atoms with Gasteiger partial charge >= 0.3 is 0 Å². The zero-order valence-corrected chi connectivity index (χ0v) is 11.6. The van der Waals surface area contributed by atoms with E-state index in [-0.39, 0.29) is 0 Å². The lowest BCUT2D eigenvalue weighted by molar-refractivity contribution is 0.0671. The van der Waals surface area contributed by atoms with Crippen molar-refractivity contribution in [1.29, 1.82) is 0 Å². The van der Waals surface area contributed by atoms with Gasteiger partial charge in [-0.15, -0.1) is 0 Å². The van der Waals surface area contributed by atoms with Crippen molar-refractivity contribution in [2.24, 2.45) is 5.92 Å². The van der Waals surface area contributed by atoms with Crippen LogP contribution in [-0.4, -0.2) is 19.8 Å². The van der Waals surface area contributed by atoms with Crippen LogP contribution >= 0.6 is 0 Å². The maximum Gasteiger partial charge on any atom is 0.0469 e. The molecular weight excluding hydrogens is 210 g/mol. The lowest BCUT2D eigenvalue weighted by Gasteiger charge is -2.22. The Balaban J connectivity index is 0.00000121. The van der Waals surface area contributed by atoms with Gasteiger partial charge in [-0.25, -0.2) is 0 Å². The van der Waals surface area contributed by atoms with E-state index in [9.17, 15) is 0 Å². The first-order valence-corrected chi connectivity index (χ1v) is 6.52. The van der Waals surface area contributed by atoms with E-state index in [0.717, 1.165) is 49.8 Å². The van der Waals surface area contributed by atoms with Crippen LogP contribution in [0.5, 0.6) is 0 Å². The number of allylic oxidation sites excluding steroid dienone is 3. The van der Waals surface area contributed by atoms with E-state index in [4.69, 9.17) is 4.74 Å². The van der Waals surface area contributed by atoms with Crippen molar-refractivity contribution in [3.05, 3.63) is 36.6 Å². The maximum atomic E-state index is 5.31. The summed E-state index contributed by atoms with van der Waals surface area (Å²) in [5, 5.41) is 3.33. The summed E-state index contributed by atoms with van der Waals surface area (Å²) in [5.41, 5.74) is 2.01. The van der Waals surface area contributed by atoms with E-state index in [1.807, 2.05) is 32.9 Å². The third-order valence-electron chi connectivity index (χ3n) is 2.53. The summed E-state index contributed by atoms with van der Waals surface area (Å²) >= 11 is 0. The van der Waals surface area contributed by atoms with Gasteiger partial charge in [0.25, 0.3) is 0 Å². The van der Waals surface area contributed by atoms with Gasteiger partial charge in [-0.05, 0) is 31.8 Å². The molecule has 1 aliphatic heterocycles. The van der Waals surface area contributed by atoms with Crippen LogP contribution in [0.25, 0.3) is 0 Å². The summed E-state index contributed by atoms with van der Waals surface area (Å²) in [6, 6.07) is 0. The first kappa shape index (κ1) is 16.0. The van der Waals surface area contributed by atoms with Gasteiger partial charge < -0.3 is 10.1 Å². The van der Waals surface area contributed by atoms with Crippen LogP contribution in [0.4, 0.5) is 0 Å². The highest BCUT2D eigenvalue weighted by Gasteiger charge is 2.12. The smallest absolute Gasteiger partial charge is 0.0469 e. The van der Waals surface area contributed by atoms with Crippen molar-refractivity contribution < 1.29 is 4.74 Å². The third-order valence-corrected chi connectivity index (χ3v) is 2.53. The summed E-state index contributed by atoms with van der Waals surface area (Å²) in [5.74, 6) is 0.730. The largest absolute Gasteiger partial charge is 0.385 e. The maximum absolute atomic E-state index is 5.31. The number of hydrogen-bond donors (Lipinski definition) is 1. The van der Waals surface area contributed by atoms with Crippen LogP contribution in [-0.2, 0) is 4.74 Å². The van der Waals surface area contributed by atoms with E-state index in [0.29, 0.717) is 0 Å². The molecule has 0 radical (unpaired) electrons. The number of ether oxygens (including phenoxy) is 1. The molecule has 2 heteroatoms. The minimum absolute atomic E-state index is 0.730. The Kier molecular flexibility index (Phi) is 9.55. The fourth-order valence-corrected chi connectivity index (χ4v) is 1.53. The normalized spacial score (nSPS) is 16.2. The summed E-state index contributed by atoms with van der Waals surface area (Å²) in [7, 11) is 0. The molecule has 1 heterocycles. The van der Waals surface area contributed by atoms with Crippen LogP contribution in [0.2, 0.25) is 0 Å². The lowest BCUT2D eigenvalue weighted by Crippen LogP contribution is -2.26. The number of rotatable bonds is 5. The van der Waals surface area contributed by atoms with E-state index in [1.54, 1.807) is 0 Å². The Morgan fingerprint density at radius 2 is 1.82 bits per heavy atom. The number of hydrogen-bond acceptors (Lipinski definition) is 2. The SMILES string of the molecule is C=C(C)/C=C\C(=C)NCC1CCOCC1.CC. The van der Waals surface area contributed by atoms with Crippen LogP contribution in [0, 0.1) is 5.92 Å². The average molecular weight is 237 g/mol. The van der Waals surface area contributed by atoms with Gasteiger partial charge in [0.05, 0.1) is 0 Å². The van der Waals surface area contributed by atoms with Gasteiger partial charge in [0.1, 0.15) is 0 Å². The van der Waals surface area contributed by atoms with Crippen LogP contribution in [0.3, 0.4) is 0 Å². The fourth-order valence-electron chi connectivity index (χ4n) is 1.53. The molecule has 2 nitrogen and oxygen atoms in total. The number of nitrogens with one attached hydrogen (secondary N) is 1. The zero-order chi connectivity index (χ0) is 13.1. The second-order valence-electron chi connectivity index (χ2n) is 4.14. The standard InChI is InChI=1S/C13H21NO.C2H6/c1-11(2)4-5-12(3)14-10-13-6-8-15-9-7-13;1-2/h4-5,13-14H,1,3,6-10H2,2H3;1-2H3/b5-4-;. The van der Waals surface area contributed by atoms with Crippen molar-refractivity contribution in [3.8, 4) is 0 Å². The molecule has 0 atom stereocenters. The molecule has 0 bridgehead atoms. The quantitative estimate of drug-likeness (QED) is 0.737. The average Bonchev–Trinajstić information content (AvgIpc) is 2.37. The molecule has 17 heavy (non-hydrogen) atoms. The van der Waals surface area contributed by atoms with Gasteiger partial charge in [0.2, 0.25) is 0 Å². The Hall–Kier alpha value is -1.02. The Labute approximate surface area is 106 Å². The van der Waals surface area contributed by atoms with E-state index >= 15 is 0 Å². The first-order valence-electron chi connectivity index (χ1n) is 6.52. The molecule has 0 saturated carbocycles. The Bertz CT molecular complexity index is 250. The molecule has 0 aromatic carbocycles. The van der Waals surface area contributed by atoms with Crippen LogP contribution in [0.1, 0.15) is 33.6 Å². The predicted molar refractivity (Wildman–Crippen MR) is 76.0 cm³/mol. The summed E-state index contributed by atoms with van der Waals surface area (Å²) in [6.45, 7) is 16.5. The van der Waals surface area contributed by atoms with E-state index in [1.165, 1.54) is 0 Å². The Morgan fingerprint density at radius 1 is 1.24 bits per heavy atom. The molecule has 98 valence electrons. The third kappa shape index (κ3) is 8.75. The molecule has 1 saturated heterocycles. The van der Waals surface area contributed by atoms with Gasteiger partial charge in [0, 0.05) is 25.5 Å². The van der Waals surface area contributed by atoms with Gasteiger partial charge in [-0.1, -0.05) is 38.7 Å². The highest BCUT2D eigenvalue weighted by Crippen LogP contribution is 2.13. The van der Waals surface area contributed by atoms with Crippen molar-refractivity contribution in [2.45, 2.75) is 33.6 Å². The molecule has 0 aromatic rings. The molecule has 1 N–H and O–H groups in total. The molecular formula is C15H27NO. The fraction of sp³-hybridized carbons (Fsp3) is 0.600. The topological polar surface area (TPSA) is 21.3 Å². The summed E-state index contributed by atoms with van der Waals surface area (Å²) < 4.78 is 5.31. The summed E-state index contributed by atoms with van der Waals surface area (Å²) in [6.07, 6.45) is 6.26. The monoisotopic (exact) mass is 237 g/mol. The van der Waals surface area contributed by atoms with Gasteiger partial charge in [-0.2, -0.15) is 0 Å². The van der Waals surface area contributed by atoms with E-state index < -0.39 is 0 Å². The summed E-state index contributed by atoms with van der Waals surface area (Å²) in [4.78, 5) is 0.